The van der Waals surface area contributed by atoms with Gasteiger partial charge in [0, 0.05) is 12.5 Å². The summed E-state index contributed by atoms with van der Waals surface area (Å²) in [7, 11) is 0. The van der Waals surface area contributed by atoms with Gasteiger partial charge in [0.1, 0.15) is 5.78 Å². The van der Waals surface area contributed by atoms with Gasteiger partial charge in [0.15, 0.2) is 0 Å². The van der Waals surface area contributed by atoms with Crippen LogP contribution >= 0.6 is 0 Å². The summed E-state index contributed by atoms with van der Waals surface area (Å²) in [6, 6.07) is 0. The SMILES string of the molecule is CC1CCN(CC(=O)[C@H]2CC[C@H]3[C@@H]4CC[C@H]5C[C@](C)(O)CC[C@@H]5[C@H]4CC[C@]23C)C1. The molecule has 0 radical (unpaired) electrons. The Kier molecular flexibility index (Phi) is 5.18. The molecular formula is C26H43NO2. The van der Waals surface area contributed by atoms with Gasteiger partial charge < -0.3 is 5.11 Å². The second kappa shape index (κ2) is 7.33. The molecule has 29 heavy (non-hydrogen) atoms. The van der Waals surface area contributed by atoms with Gasteiger partial charge in [-0.2, -0.15) is 0 Å². The van der Waals surface area contributed by atoms with Crippen molar-refractivity contribution in [2.45, 2.75) is 90.6 Å². The lowest BCUT2D eigenvalue weighted by Gasteiger charge is -2.56. The first kappa shape index (κ1) is 20.5. The van der Waals surface area contributed by atoms with Crippen LogP contribution < -0.4 is 0 Å². The molecule has 0 bridgehead atoms. The van der Waals surface area contributed by atoms with Crippen LogP contribution in [0.25, 0.3) is 0 Å². The summed E-state index contributed by atoms with van der Waals surface area (Å²) in [6.07, 6.45) is 12.2. The average molecular weight is 402 g/mol. The summed E-state index contributed by atoms with van der Waals surface area (Å²) in [4.78, 5) is 15.8. The minimum atomic E-state index is -0.422. The van der Waals surface area contributed by atoms with E-state index in [4.69, 9.17) is 0 Å². The molecule has 4 saturated carbocycles. The number of carbonyl (C=O) groups is 1. The van der Waals surface area contributed by atoms with Crippen LogP contribution in [0.15, 0.2) is 0 Å². The van der Waals surface area contributed by atoms with Crippen LogP contribution in [0.1, 0.15) is 85.0 Å². The number of Topliss-reactive ketones (excluding diaryl/α,β-unsaturated/α-hetero) is 1. The van der Waals surface area contributed by atoms with Gasteiger partial charge in [0.25, 0.3) is 0 Å². The Morgan fingerprint density at radius 3 is 2.52 bits per heavy atom. The number of hydrogen-bond donors (Lipinski definition) is 1. The van der Waals surface area contributed by atoms with E-state index >= 15 is 0 Å². The average Bonchev–Trinajstić information content (AvgIpc) is 3.22. The highest BCUT2D eigenvalue weighted by atomic mass is 16.3. The van der Waals surface area contributed by atoms with Gasteiger partial charge in [-0.05, 0) is 119 Å². The lowest BCUT2D eigenvalue weighted by Crippen LogP contribution is -2.51. The van der Waals surface area contributed by atoms with E-state index in [0.717, 1.165) is 67.9 Å². The minimum Gasteiger partial charge on any atom is -0.390 e. The normalized spacial score (nSPS) is 52.6. The maximum atomic E-state index is 13.4. The molecule has 0 aromatic carbocycles. The van der Waals surface area contributed by atoms with Crippen LogP contribution in [-0.2, 0) is 4.79 Å². The molecule has 0 aromatic rings. The number of ketones is 1. The molecule has 164 valence electrons. The molecule has 0 spiro atoms. The van der Waals surface area contributed by atoms with E-state index in [0.29, 0.717) is 18.2 Å². The Bertz CT molecular complexity index is 645. The van der Waals surface area contributed by atoms with E-state index in [9.17, 15) is 9.90 Å². The first-order valence-corrected chi connectivity index (χ1v) is 12.7. The first-order valence-electron chi connectivity index (χ1n) is 12.7. The number of aliphatic hydroxyl groups is 1. The van der Waals surface area contributed by atoms with Crippen LogP contribution in [0.4, 0.5) is 0 Å². The Balaban J connectivity index is 1.28. The predicted octanol–water partition coefficient (Wildman–Crippen LogP) is 4.92. The van der Waals surface area contributed by atoms with Gasteiger partial charge in [-0.1, -0.05) is 13.8 Å². The maximum absolute atomic E-state index is 13.4. The molecule has 1 heterocycles. The molecule has 3 heteroatoms. The number of nitrogens with zero attached hydrogens (tertiary/aromatic N) is 1. The molecule has 5 rings (SSSR count). The summed E-state index contributed by atoms with van der Waals surface area (Å²) < 4.78 is 0. The third-order valence-corrected chi connectivity index (χ3v) is 10.5. The molecule has 0 amide bonds. The lowest BCUT2D eigenvalue weighted by atomic mass is 9.49. The fourth-order valence-corrected chi connectivity index (χ4v) is 9.11. The van der Waals surface area contributed by atoms with Crippen LogP contribution in [-0.4, -0.2) is 41.0 Å². The van der Waals surface area contributed by atoms with Gasteiger partial charge in [-0.3, -0.25) is 9.69 Å². The monoisotopic (exact) mass is 401 g/mol. The molecule has 3 nitrogen and oxygen atoms in total. The second-order valence-electron chi connectivity index (χ2n) is 12.4. The van der Waals surface area contributed by atoms with Crippen molar-refractivity contribution in [3.63, 3.8) is 0 Å². The second-order valence-corrected chi connectivity index (χ2v) is 12.4. The highest BCUT2D eigenvalue weighted by Gasteiger charge is 2.58. The maximum Gasteiger partial charge on any atom is 0.150 e. The zero-order valence-electron chi connectivity index (χ0n) is 19.0. The van der Waals surface area contributed by atoms with Crippen molar-refractivity contribution in [3.8, 4) is 0 Å². The van der Waals surface area contributed by atoms with E-state index in [1.54, 1.807) is 0 Å². The zero-order chi connectivity index (χ0) is 20.4. The van der Waals surface area contributed by atoms with E-state index in [1.165, 1.54) is 44.9 Å². The number of hydrogen-bond acceptors (Lipinski definition) is 3. The largest absolute Gasteiger partial charge is 0.390 e. The Hall–Kier alpha value is -0.410. The molecule has 1 aliphatic heterocycles. The highest BCUT2D eigenvalue weighted by Crippen LogP contribution is 2.64. The molecular weight excluding hydrogens is 358 g/mol. The quantitative estimate of drug-likeness (QED) is 0.730. The summed E-state index contributed by atoms with van der Waals surface area (Å²) >= 11 is 0. The third kappa shape index (κ3) is 3.53. The van der Waals surface area contributed by atoms with E-state index < -0.39 is 5.60 Å². The Morgan fingerprint density at radius 2 is 1.76 bits per heavy atom. The summed E-state index contributed by atoms with van der Waals surface area (Å²) in [5.41, 5.74) is -0.161. The van der Waals surface area contributed by atoms with Crippen molar-refractivity contribution in [2.75, 3.05) is 19.6 Å². The summed E-state index contributed by atoms with van der Waals surface area (Å²) in [5, 5.41) is 10.6. The molecule has 1 unspecified atom stereocenters. The van der Waals surface area contributed by atoms with Crippen LogP contribution in [0.3, 0.4) is 0 Å². The summed E-state index contributed by atoms with van der Waals surface area (Å²) in [6.45, 7) is 9.83. The number of fused-ring (bicyclic) bond motifs is 5. The number of rotatable bonds is 3. The summed E-state index contributed by atoms with van der Waals surface area (Å²) in [5.74, 6) is 5.73. The molecule has 5 fully saturated rings. The van der Waals surface area contributed by atoms with E-state index in [-0.39, 0.29) is 5.41 Å². The minimum absolute atomic E-state index is 0.261. The fraction of sp³-hybridized carbons (Fsp3) is 0.962. The molecule has 4 aliphatic carbocycles. The van der Waals surface area contributed by atoms with Crippen LogP contribution in [0.2, 0.25) is 0 Å². The molecule has 1 N–H and O–H groups in total. The van der Waals surface area contributed by atoms with E-state index in [1.807, 2.05) is 0 Å². The number of likely N-dealkylation sites (tertiary alicyclic amines) is 1. The lowest BCUT2D eigenvalue weighted by molar-refractivity contribution is -0.133. The third-order valence-electron chi connectivity index (χ3n) is 10.5. The van der Waals surface area contributed by atoms with E-state index in [2.05, 4.69) is 25.7 Å². The smallest absolute Gasteiger partial charge is 0.150 e. The van der Waals surface area contributed by atoms with Gasteiger partial charge >= 0.3 is 0 Å². The predicted molar refractivity (Wildman–Crippen MR) is 116 cm³/mol. The van der Waals surface area contributed by atoms with Gasteiger partial charge in [-0.25, -0.2) is 0 Å². The van der Waals surface area contributed by atoms with Crippen molar-refractivity contribution in [2.24, 2.45) is 46.8 Å². The zero-order valence-corrected chi connectivity index (χ0v) is 19.0. The standard InChI is InChI=1S/C26H43NO2/c1-17-10-13-27(15-17)16-24(28)23-7-6-22-21-5-4-18-14-25(2,29)11-8-19(18)20(21)9-12-26(22,23)3/h17-23,29H,4-16H2,1-3H3/t17?,18-,19-,20+,21+,22-,23+,25+,26-/m0/s1. The molecule has 9 atom stereocenters. The van der Waals surface area contributed by atoms with Crippen molar-refractivity contribution in [1.82, 2.24) is 4.90 Å². The first-order chi connectivity index (χ1) is 13.8. The fourth-order valence-electron chi connectivity index (χ4n) is 9.11. The topological polar surface area (TPSA) is 40.5 Å². The van der Waals surface area contributed by atoms with Crippen molar-refractivity contribution in [3.05, 3.63) is 0 Å². The van der Waals surface area contributed by atoms with Crippen LogP contribution in [0, 0.1) is 46.8 Å². The highest BCUT2D eigenvalue weighted by molar-refractivity contribution is 5.84. The molecule has 1 saturated heterocycles. The van der Waals surface area contributed by atoms with Crippen LogP contribution in [0.5, 0.6) is 0 Å². The Morgan fingerprint density at radius 1 is 0.966 bits per heavy atom. The number of carbonyl (C=O) groups excluding carboxylic acids is 1. The van der Waals surface area contributed by atoms with Crippen molar-refractivity contribution < 1.29 is 9.90 Å². The van der Waals surface area contributed by atoms with Crippen molar-refractivity contribution >= 4 is 5.78 Å². The van der Waals surface area contributed by atoms with Gasteiger partial charge in [0.2, 0.25) is 0 Å². The molecule has 0 aromatic heterocycles. The van der Waals surface area contributed by atoms with Gasteiger partial charge in [0.05, 0.1) is 12.1 Å². The Labute approximate surface area is 178 Å². The van der Waals surface area contributed by atoms with Gasteiger partial charge in [-0.15, -0.1) is 0 Å². The molecule has 5 aliphatic rings. The van der Waals surface area contributed by atoms with Crippen molar-refractivity contribution in [1.29, 1.82) is 0 Å².